The van der Waals surface area contributed by atoms with Crippen LogP contribution in [0.1, 0.15) is 12.8 Å². The van der Waals surface area contributed by atoms with Crippen LogP contribution in [0.25, 0.3) is 0 Å². The molecule has 7 N–H and O–H groups in total. The minimum Gasteiger partial charge on any atom is -0.419 e. The van der Waals surface area contributed by atoms with Gasteiger partial charge in [0.2, 0.25) is 0 Å². The van der Waals surface area contributed by atoms with E-state index in [0.29, 0.717) is 0 Å². The summed E-state index contributed by atoms with van der Waals surface area (Å²) in [5, 5.41) is 68.4. The first-order valence-electron chi connectivity index (χ1n) is 6.88. The average molecular weight is 368 g/mol. The van der Waals surface area contributed by atoms with Gasteiger partial charge in [-0.05, 0) is 0 Å². The SMILES string of the molecule is O=C1CC2(O)CC(=O)O[C@](O)([C@H](O)[C@@H](O)[C@@H](O)CO)C(O)(O1)OC2=O. The minimum atomic E-state index is -3.86. The third-order valence-electron chi connectivity index (χ3n) is 3.76. The second-order valence-corrected chi connectivity index (χ2v) is 5.69. The number of hydrogen-bond donors (Lipinski definition) is 7. The Bertz CT molecular complexity index is 592. The van der Waals surface area contributed by atoms with E-state index in [1.54, 1.807) is 0 Å². The van der Waals surface area contributed by atoms with E-state index >= 15 is 0 Å². The first kappa shape index (κ1) is 19.5. The maximum Gasteiger partial charge on any atom is 0.446 e. The molecule has 0 aliphatic carbocycles. The lowest BCUT2D eigenvalue weighted by Crippen LogP contribution is -2.71. The van der Waals surface area contributed by atoms with Crippen LogP contribution in [0.4, 0.5) is 0 Å². The maximum absolute atomic E-state index is 11.9. The summed E-state index contributed by atoms with van der Waals surface area (Å²) >= 11 is 0. The van der Waals surface area contributed by atoms with Crippen LogP contribution in [0.2, 0.25) is 0 Å². The summed E-state index contributed by atoms with van der Waals surface area (Å²) in [5.74, 6) is -12.5. The monoisotopic (exact) mass is 368 g/mol. The summed E-state index contributed by atoms with van der Waals surface area (Å²) in [6, 6.07) is 0. The van der Waals surface area contributed by atoms with Gasteiger partial charge in [-0.3, -0.25) is 9.59 Å². The van der Waals surface area contributed by atoms with E-state index in [1.165, 1.54) is 0 Å². The van der Waals surface area contributed by atoms with Crippen molar-refractivity contribution in [3.05, 3.63) is 0 Å². The molecular formula is C12H16O13. The molecule has 0 radical (unpaired) electrons. The van der Waals surface area contributed by atoms with Crippen LogP contribution in [0.3, 0.4) is 0 Å². The van der Waals surface area contributed by atoms with Gasteiger partial charge >= 0.3 is 29.7 Å². The van der Waals surface area contributed by atoms with Crippen molar-refractivity contribution in [1.82, 2.24) is 0 Å². The number of fused-ring (bicyclic) bond motifs is 3. The van der Waals surface area contributed by atoms with Crippen molar-refractivity contribution in [3.63, 3.8) is 0 Å². The second-order valence-electron chi connectivity index (χ2n) is 5.69. The standard InChI is InChI=1S/C12H16O13/c13-3-4(14)7(17)8(18)11(21)12(22)24-6(16)2-10(20,9(19)25-12)1-5(15)23-11/h4,7-8,13-14,17-18,20-22H,1-3H2/t4-,7-,8+,10?,11+,12?/m0/s1. The Hall–Kier alpha value is -1.87. The highest BCUT2D eigenvalue weighted by Gasteiger charge is 2.71. The van der Waals surface area contributed by atoms with E-state index in [0.717, 1.165) is 0 Å². The molecule has 0 saturated carbocycles. The fraction of sp³-hybridized carbons (Fsp3) is 0.750. The first-order chi connectivity index (χ1) is 11.4. The van der Waals surface area contributed by atoms with Gasteiger partial charge in [0.05, 0.1) is 19.4 Å². The highest BCUT2D eigenvalue weighted by Crippen LogP contribution is 2.40. The quantitative estimate of drug-likeness (QED) is 0.230. The van der Waals surface area contributed by atoms with E-state index in [9.17, 15) is 45.0 Å². The number of esters is 3. The van der Waals surface area contributed by atoms with E-state index in [1.807, 2.05) is 0 Å². The normalized spacial score (nSPS) is 39.2. The predicted octanol–water partition coefficient (Wildman–Crippen LogP) is -5.44. The molecule has 2 bridgehead atoms. The molecular weight excluding hydrogens is 352 g/mol. The highest BCUT2D eigenvalue weighted by atomic mass is 16.9. The third kappa shape index (κ3) is 3.06. The van der Waals surface area contributed by atoms with Crippen LogP contribution in [0.15, 0.2) is 0 Å². The van der Waals surface area contributed by atoms with Gasteiger partial charge in [-0.2, -0.15) is 0 Å². The van der Waals surface area contributed by atoms with E-state index in [4.69, 9.17) is 5.11 Å². The summed E-state index contributed by atoms with van der Waals surface area (Å²) in [4.78, 5) is 35.4. The Balaban J connectivity index is 2.55. The minimum absolute atomic E-state index is 1.12. The smallest absolute Gasteiger partial charge is 0.419 e. The Kier molecular flexibility index (Phi) is 4.77. The van der Waals surface area contributed by atoms with E-state index < -0.39 is 73.0 Å². The molecule has 142 valence electrons. The topological polar surface area (TPSA) is 221 Å². The molecule has 0 aromatic rings. The molecule has 2 rings (SSSR count). The molecule has 0 aromatic heterocycles. The van der Waals surface area contributed by atoms with Crippen molar-refractivity contribution < 1.29 is 64.3 Å². The van der Waals surface area contributed by atoms with Crippen LogP contribution in [0, 0.1) is 0 Å². The Labute approximate surface area is 138 Å². The molecule has 2 aliphatic rings. The molecule has 0 aromatic carbocycles. The number of hydrogen-bond acceptors (Lipinski definition) is 13. The van der Waals surface area contributed by atoms with Crippen molar-refractivity contribution in [2.45, 2.75) is 48.5 Å². The third-order valence-corrected chi connectivity index (χ3v) is 3.76. The van der Waals surface area contributed by atoms with Crippen molar-refractivity contribution >= 4 is 17.9 Å². The largest absolute Gasteiger partial charge is 0.446 e. The maximum atomic E-state index is 11.9. The van der Waals surface area contributed by atoms with Gasteiger partial charge in [-0.15, -0.1) is 0 Å². The molecule has 13 heteroatoms. The molecule has 25 heavy (non-hydrogen) atoms. The van der Waals surface area contributed by atoms with Crippen molar-refractivity contribution in [3.8, 4) is 0 Å². The highest BCUT2D eigenvalue weighted by molar-refractivity contribution is 5.92. The predicted molar refractivity (Wildman–Crippen MR) is 67.5 cm³/mol. The Morgan fingerprint density at radius 3 is 1.96 bits per heavy atom. The number of aliphatic hydroxyl groups is 7. The van der Waals surface area contributed by atoms with Crippen LogP contribution >= 0.6 is 0 Å². The van der Waals surface area contributed by atoms with Gasteiger partial charge in [-0.1, -0.05) is 0 Å². The zero-order valence-corrected chi connectivity index (χ0v) is 12.4. The number of aliphatic hydroxyl groups excluding tert-OH is 4. The van der Waals surface area contributed by atoms with Gasteiger partial charge < -0.3 is 50.0 Å². The zero-order valence-electron chi connectivity index (χ0n) is 12.4. The lowest BCUT2D eigenvalue weighted by molar-refractivity contribution is -0.466. The fourth-order valence-corrected chi connectivity index (χ4v) is 2.33. The number of cyclic esters (lactones) is 1. The van der Waals surface area contributed by atoms with Crippen molar-refractivity contribution in [2.24, 2.45) is 0 Å². The Morgan fingerprint density at radius 1 is 0.920 bits per heavy atom. The molecule has 0 amide bonds. The molecule has 13 nitrogen and oxygen atoms in total. The van der Waals surface area contributed by atoms with Crippen molar-refractivity contribution in [2.75, 3.05) is 6.61 Å². The van der Waals surface area contributed by atoms with Gasteiger partial charge in [0, 0.05) is 0 Å². The lowest BCUT2D eigenvalue weighted by atomic mass is 9.94. The number of rotatable bonds is 4. The Morgan fingerprint density at radius 2 is 1.44 bits per heavy atom. The van der Waals surface area contributed by atoms with Crippen LogP contribution in [-0.4, -0.2) is 95.9 Å². The van der Waals surface area contributed by atoms with Gasteiger partial charge in [-0.25, -0.2) is 4.79 Å². The number of ether oxygens (including phenoxy) is 3. The molecule has 2 aliphatic heterocycles. The molecule has 2 unspecified atom stereocenters. The molecule has 6 atom stereocenters. The summed E-state index contributed by atoms with van der Waals surface area (Å²) < 4.78 is 13.0. The van der Waals surface area contributed by atoms with E-state index in [2.05, 4.69) is 14.2 Å². The van der Waals surface area contributed by atoms with E-state index in [-0.39, 0.29) is 0 Å². The molecule has 2 heterocycles. The average Bonchev–Trinajstić information content (AvgIpc) is 2.56. The molecule has 0 spiro atoms. The fourth-order valence-electron chi connectivity index (χ4n) is 2.33. The lowest BCUT2D eigenvalue weighted by Gasteiger charge is -2.43. The second kappa shape index (κ2) is 6.14. The number of carbonyl (C=O) groups is 3. The summed E-state index contributed by atoms with van der Waals surface area (Å²) in [5.41, 5.74) is -2.76. The number of carbonyl (C=O) groups excluding carboxylic acids is 3. The van der Waals surface area contributed by atoms with Gasteiger partial charge in [0.15, 0.2) is 11.7 Å². The van der Waals surface area contributed by atoms with Crippen LogP contribution < -0.4 is 0 Å². The first-order valence-corrected chi connectivity index (χ1v) is 6.88. The van der Waals surface area contributed by atoms with Crippen LogP contribution in [-0.2, 0) is 28.6 Å². The summed E-state index contributed by atoms with van der Waals surface area (Å²) in [6.45, 7) is -1.12. The molecule has 2 fully saturated rings. The van der Waals surface area contributed by atoms with Gasteiger partial charge in [0.1, 0.15) is 12.2 Å². The summed E-state index contributed by atoms with van der Waals surface area (Å²) in [7, 11) is 0. The zero-order chi connectivity index (χ0) is 19.2. The molecule has 2 saturated heterocycles. The van der Waals surface area contributed by atoms with Gasteiger partial charge in [0.25, 0.3) is 0 Å². The van der Waals surface area contributed by atoms with Crippen molar-refractivity contribution in [1.29, 1.82) is 0 Å². The van der Waals surface area contributed by atoms with Crippen LogP contribution in [0.5, 0.6) is 0 Å². The summed E-state index contributed by atoms with van der Waals surface area (Å²) in [6.07, 6.45) is -9.73.